The molecule has 0 fully saturated rings. The lowest BCUT2D eigenvalue weighted by molar-refractivity contribution is -0.134. The van der Waals surface area contributed by atoms with Gasteiger partial charge in [-0.3, -0.25) is 4.79 Å². The van der Waals surface area contributed by atoms with E-state index in [1.165, 1.54) is 24.3 Å². The molecule has 2 rings (SSSR count). The molecule has 5 heteroatoms. The summed E-state index contributed by atoms with van der Waals surface area (Å²) in [7, 11) is 0. The molecule has 96 valence electrons. The molecule has 0 atom stereocenters. The van der Waals surface area contributed by atoms with E-state index in [2.05, 4.69) is 0 Å². The van der Waals surface area contributed by atoms with E-state index in [0.717, 1.165) is 0 Å². The summed E-state index contributed by atoms with van der Waals surface area (Å²) < 4.78 is 0. The Balaban J connectivity index is 2.72. The fourth-order valence-corrected chi connectivity index (χ4v) is 1.98. The second-order valence-corrected chi connectivity index (χ2v) is 3.97. The van der Waals surface area contributed by atoms with E-state index in [0.29, 0.717) is 0 Å². The monoisotopic (exact) mass is 258 g/mol. The van der Waals surface area contributed by atoms with E-state index in [4.69, 9.17) is 10.2 Å². The van der Waals surface area contributed by atoms with Crippen LogP contribution in [0.5, 0.6) is 0 Å². The second kappa shape index (κ2) is 4.89. The zero-order valence-corrected chi connectivity index (χ0v) is 9.79. The Morgan fingerprint density at radius 3 is 2.37 bits per heavy atom. The third-order valence-corrected chi connectivity index (χ3v) is 2.80. The maximum Gasteiger partial charge on any atom is 0.339 e. The van der Waals surface area contributed by atoms with Gasteiger partial charge in [0.05, 0.1) is 5.56 Å². The number of hydrogen-bond donors (Lipinski definition) is 2. The molecule has 2 N–H and O–H groups in total. The van der Waals surface area contributed by atoms with Gasteiger partial charge in [0.15, 0.2) is 5.78 Å². The van der Waals surface area contributed by atoms with Gasteiger partial charge in [0.1, 0.15) is 5.57 Å². The molecule has 1 aromatic rings. The summed E-state index contributed by atoms with van der Waals surface area (Å²) in [6.07, 6.45) is 3.02. The molecule has 0 bridgehead atoms. The van der Waals surface area contributed by atoms with Crippen molar-refractivity contribution in [3.05, 3.63) is 53.1 Å². The molecule has 0 amide bonds. The van der Waals surface area contributed by atoms with Crippen LogP contribution < -0.4 is 0 Å². The van der Waals surface area contributed by atoms with Crippen molar-refractivity contribution in [3.63, 3.8) is 0 Å². The Labute approximate surface area is 108 Å². The van der Waals surface area contributed by atoms with Gasteiger partial charge in [-0.25, -0.2) is 9.59 Å². The quantitative estimate of drug-likeness (QED) is 0.806. The smallest absolute Gasteiger partial charge is 0.339 e. The summed E-state index contributed by atoms with van der Waals surface area (Å²) in [5.74, 6) is -3.03. The third kappa shape index (κ3) is 2.30. The number of carbonyl (C=O) groups excluding carboxylic acids is 1. The van der Waals surface area contributed by atoms with E-state index >= 15 is 0 Å². The summed E-state index contributed by atoms with van der Waals surface area (Å²) in [5, 5.41) is 18.2. The molecule has 0 saturated heterocycles. The summed E-state index contributed by atoms with van der Waals surface area (Å²) in [6.45, 7) is 0. The van der Waals surface area contributed by atoms with Gasteiger partial charge in [-0.1, -0.05) is 30.4 Å². The number of allylic oxidation sites excluding steroid dienone is 3. The van der Waals surface area contributed by atoms with Crippen LogP contribution in [0.15, 0.2) is 42.0 Å². The van der Waals surface area contributed by atoms with Crippen LogP contribution in [0.2, 0.25) is 0 Å². The topological polar surface area (TPSA) is 91.7 Å². The van der Waals surface area contributed by atoms with Gasteiger partial charge >= 0.3 is 11.9 Å². The first-order chi connectivity index (χ1) is 9.02. The zero-order valence-electron chi connectivity index (χ0n) is 9.79. The predicted octanol–water partition coefficient (Wildman–Crippen LogP) is 1.75. The highest BCUT2D eigenvalue weighted by atomic mass is 16.4. The molecule has 1 aliphatic rings. The highest BCUT2D eigenvalue weighted by molar-refractivity contribution is 6.25. The molecular weight excluding hydrogens is 248 g/mol. The minimum atomic E-state index is -1.34. The molecule has 0 aliphatic heterocycles. The molecule has 5 nitrogen and oxygen atoms in total. The first-order valence-corrected chi connectivity index (χ1v) is 5.52. The van der Waals surface area contributed by atoms with Gasteiger partial charge in [-0.05, 0) is 11.6 Å². The molecule has 19 heavy (non-hydrogen) atoms. The van der Waals surface area contributed by atoms with E-state index in [1.54, 1.807) is 12.1 Å². The van der Waals surface area contributed by atoms with Gasteiger partial charge in [0.25, 0.3) is 0 Å². The largest absolute Gasteiger partial charge is 0.478 e. The van der Waals surface area contributed by atoms with Gasteiger partial charge < -0.3 is 10.2 Å². The van der Waals surface area contributed by atoms with Crippen molar-refractivity contribution in [1.29, 1.82) is 0 Å². The number of hydrogen-bond acceptors (Lipinski definition) is 3. The maximum absolute atomic E-state index is 11.7. The zero-order chi connectivity index (χ0) is 14.0. The number of benzene rings is 1. The van der Waals surface area contributed by atoms with Crippen molar-refractivity contribution >= 4 is 23.3 Å². The lowest BCUT2D eigenvalue weighted by atomic mass is 9.89. The van der Waals surface area contributed by atoms with Crippen molar-refractivity contribution < 1.29 is 24.6 Å². The molecular formula is C14H10O5. The molecule has 0 aromatic heterocycles. The molecule has 0 radical (unpaired) electrons. The number of ketones is 1. The summed E-state index contributed by atoms with van der Waals surface area (Å²) in [6, 6.07) is 6.01. The van der Waals surface area contributed by atoms with Gasteiger partial charge in [0, 0.05) is 12.0 Å². The van der Waals surface area contributed by atoms with Crippen LogP contribution in [0.1, 0.15) is 22.3 Å². The fourth-order valence-electron chi connectivity index (χ4n) is 1.98. The Bertz CT molecular complexity index is 637. The van der Waals surface area contributed by atoms with E-state index in [1.807, 2.05) is 0 Å². The number of aromatic carboxylic acids is 1. The van der Waals surface area contributed by atoms with E-state index in [-0.39, 0.29) is 28.7 Å². The SMILES string of the molecule is O=C(O)C1=C(c2ccccc2C(=O)O)C=CCC1=O. The number of carbonyl (C=O) groups is 3. The lowest BCUT2D eigenvalue weighted by Crippen LogP contribution is -2.17. The Kier molecular flexibility index (Phi) is 3.29. The van der Waals surface area contributed by atoms with Gasteiger partial charge in [0.2, 0.25) is 0 Å². The van der Waals surface area contributed by atoms with Crippen molar-refractivity contribution in [2.75, 3.05) is 0 Å². The predicted molar refractivity (Wildman–Crippen MR) is 66.7 cm³/mol. The van der Waals surface area contributed by atoms with Gasteiger partial charge in [-0.15, -0.1) is 0 Å². The average Bonchev–Trinajstić information content (AvgIpc) is 2.37. The highest BCUT2D eigenvalue weighted by Gasteiger charge is 2.26. The van der Waals surface area contributed by atoms with Crippen molar-refractivity contribution in [2.45, 2.75) is 6.42 Å². The first-order valence-electron chi connectivity index (χ1n) is 5.52. The van der Waals surface area contributed by atoms with Crippen LogP contribution in [-0.2, 0) is 9.59 Å². The summed E-state index contributed by atoms with van der Waals surface area (Å²) >= 11 is 0. The molecule has 0 heterocycles. The van der Waals surface area contributed by atoms with Gasteiger partial charge in [-0.2, -0.15) is 0 Å². The number of carboxylic acids is 2. The standard InChI is InChI=1S/C14H10O5/c15-11-7-3-6-9(12(11)14(18)19)8-4-1-2-5-10(8)13(16)17/h1-6H,7H2,(H,16,17)(H,18,19). The Hall–Kier alpha value is -2.69. The Morgan fingerprint density at radius 1 is 1.05 bits per heavy atom. The average molecular weight is 258 g/mol. The number of rotatable bonds is 3. The minimum absolute atomic E-state index is 0.0143. The fraction of sp³-hybridized carbons (Fsp3) is 0.0714. The van der Waals surface area contributed by atoms with Crippen molar-refractivity contribution in [3.8, 4) is 0 Å². The van der Waals surface area contributed by atoms with Crippen LogP contribution in [0.4, 0.5) is 0 Å². The second-order valence-electron chi connectivity index (χ2n) is 3.97. The summed E-state index contributed by atoms with van der Waals surface area (Å²) in [4.78, 5) is 34.0. The minimum Gasteiger partial charge on any atom is -0.478 e. The van der Waals surface area contributed by atoms with Crippen molar-refractivity contribution in [2.24, 2.45) is 0 Å². The summed E-state index contributed by atoms with van der Waals surface area (Å²) in [5.41, 5.74) is -0.0229. The van der Waals surface area contributed by atoms with Crippen LogP contribution in [-0.4, -0.2) is 27.9 Å². The Morgan fingerprint density at radius 2 is 1.74 bits per heavy atom. The number of aliphatic carboxylic acids is 1. The molecule has 1 aliphatic carbocycles. The molecule has 0 saturated carbocycles. The van der Waals surface area contributed by atoms with E-state index < -0.39 is 17.7 Å². The first kappa shape index (κ1) is 12.8. The van der Waals surface area contributed by atoms with Crippen LogP contribution in [0, 0.1) is 0 Å². The van der Waals surface area contributed by atoms with Crippen LogP contribution >= 0.6 is 0 Å². The van der Waals surface area contributed by atoms with Crippen molar-refractivity contribution in [1.82, 2.24) is 0 Å². The molecule has 0 unspecified atom stereocenters. The highest BCUT2D eigenvalue weighted by Crippen LogP contribution is 2.28. The lowest BCUT2D eigenvalue weighted by Gasteiger charge is -2.13. The maximum atomic E-state index is 11.7. The van der Waals surface area contributed by atoms with Crippen LogP contribution in [0.3, 0.4) is 0 Å². The van der Waals surface area contributed by atoms with Crippen LogP contribution in [0.25, 0.3) is 5.57 Å². The third-order valence-electron chi connectivity index (χ3n) is 2.80. The number of carboxylic acid groups (broad SMARTS) is 2. The van der Waals surface area contributed by atoms with E-state index in [9.17, 15) is 14.4 Å². The molecule has 1 aromatic carbocycles. The molecule has 0 spiro atoms. The normalized spacial score (nSPS) is 14.6. The number of Topliss-reactive ketones (excluding diaryl/α,β-unsaturated/α-hetero) is 1.